The zero-order chi connectivity index (χ0) is 21.8. The van der Waals surface area contributed by atoms with Gasteiger partial charge in [0.25, 0.3) is 5.91 Å². The predicted molar refractivity (Wildman–Crippen MR) is 120 cm³/mol. The number of ether oxygens (including phenoxy) is 1. The first kappa shape index (κ1) is 22.3. The van der Waals surface area contributed by atoms with Gasteiger partial charge in [0.05, 0.1) is 11.1 Å². The minimum absolute atomic E-state index is 0.0721. The lowest BCUT2D eigenvalue weighted by Crippen LogP contribution is -2.38. The average Bonchev–Trinajstić information content (AvgIpc) is 3.32. The fraction of sp³-hybridized carbons (Fsp3) is 0.435. The Kier molecular flexibility index (Phi) is 6.96. The molecule has 0 bridgehead atoms. The summed E-state index contributed by atoms with van der Waals surface area (Å²) in [5, 5.41) is 0.0965. The summed E-state index contributed by atoms with van der Waals surface area (Å²) in [7, 11) is -3.84. The molecule has 8 heteroatoms. The third-order valence-electron chi connectivity index (χ3n) is 6.05. The maximum Gasteiger partial charge on any atom is 0.253 e. The van der Waals surface area contributed by atoms with Crippen molar-refractivity contribution in [3.05, 3.63) is 64.7 Å². The molecule has 2 aliphatic heterocycles. The Balaban J connectivity index is 1.43. The Bertz CT molecular complexity index is 1020. The quantitative estimate of drug-likeness (QED) is 0.708. The number of likely N-dealkylation sites (tertiary alicyclic amines) is 1. The summed E-state index contributed by atoms with van der Waals surface area (Å²) in [4.78, 5) is 14.8. The normalized spacial score (nSPS) is 20.2. The molecule has 2 aromatic rings. The summed E-state index contributed by atoms with van der Waals surface area (Å²) < 4.78 is 33.6. The molecule has 0 radical (unpaired) electrons. The summed E-state index contributed by atoms with van der Waals surface area (Å²) >= 11 is 6.18. The first-order valence-electron chi connectivity index (χ1n) is 10.7. The predicted octanol–water partition coefficient (Wildman–Crippen LogP) is 3.82. The highest BCUT2D eigenvalue weighted by Gasteiger charge is 2.27. The number of halogens is 1. The van der Waals surface area contributed by atoms with Crippen molar-refractivity contribution in [3.8, 4) is 0 Å². The van der Waals surface area contributed by atoms with Gasteiger partial charge in [0, 0.05) is 31.8 Å². The van der Waals surface area contributed by atoms with Gasteiger partial charge in [-0.1, -0.05) is 41.9 Å². The van der Waals surface area contributed by atoms with E-state index in [1.807, 2.05) is 18.2 Å². The number of benzene rings is 2. The Labute approximate surface area is 188 Å². The third-order valence-corrected chi connectivity index (χ3v) is 7.95. The number of rotatable bonds is 6. The standard InChI is InChI=1S/C23H27ClN2O4S/c24-21-9-8-19(15-22(21)31(28,29)25-16-20-7-4-14-30-20)23(27)26-12-10-18(11-13-26)17-5-2-1-3-6-17/h1-3,5-6,8-9,15,18,20,25H,4,7,10-14,16H2. The van der Waals surface area contributed by atoms with Gasteiger partial charge in [0.15, 0.2) is 0 Å². The van der Waals surface area contributed by atoms with Gasteiger partial charge in [0.2, 0.25) is 10.0 Å². The van der Waals surface area contributed by atoms with E-state index < -0.39 is 10.0 Å². The van der Waals surface area contributed by atoms with Gasteiger partial charge in [-0.15, -0.1) is 0 Å². The van der Waals surface area contributed by atoms with Crippen molar-refractivity contribution in [1.82, 2.24) is 9.62 Å². The number of sulfonamides is 1. The monoisotopic (exact) mass is 462 g/mol. The van der Waals surface area contributed by atoms with Crippen LogP contribution in [0.15, 0.2) is 53.4 Å². The number of carbonyl (C=O) groups excluding carboxylic acids is 1. The molecule has 31 heavy (non-hydrogen) atoms. The second kappa shape index (κ2) is 9.69. The number of amides is 1. The fourth-order valence-corrected chi connectivity index (χ4v) is 5.84. The number of hydrogen-bond acceptors (Lipinski definition) is 4. The van der Waals surface area contributed by atoms with Gasteiger partial charge in [-0.3, -0.25) is 4.79 Å². The van der Waals surface area contributed by atoms with E-state index in [0.717, 1.165) is 25.7 Å². The molecule has 2 heterocycles. The molecular weight excluding hydrogens is 436 g/mol. The fourth-order valence-electron chi connectivity index (χ4n) is 4.25. The molecule has 1 atom stereocenters. The summed E-state index contributed by atoms with van der Waals surface area (Å²) in [5.74, 6) is 0.271. The SMILES string of the molecule is O=C(c1ccc(Cl)c(S(=O)(=O)NCC2CCCO2)c1)N1CCC(c2ccccc2)CC1. The van der Waals surface area contributed by atoms with Crippen LogP contribution in [-0.2, 0) is 14.8 Å². The topological polar surface area (TPSA) is 75.7 Å². The summed E-state index contributed by atoms with van der Waals surface area (Å²) in [5.41, 5.74) is 1.63. The van der Waals surface area contributed by atoms with Crippen LogP contribution in [0.2, 0.25) is 5.02 Å². The van der Waals surface area contributed by atoms with E-state index in [1.54, 1.807) is 11.0 Å². The van der Waals surface area contributed by atoms with Gasteiger partial charge < -0.3 is 9.64 Å². The number of hydrogen-bond donors (Lipinski definition) is 1. The van der Waals surface area contributed by atoms with Crippen molar-refractivity contribution in [3.63, 3.8) is 0 Å². The smallest absolute Gasteiger partial charge is 0.253 e. The molecule has 1 amide bonds. The largest absolute Gasteiger partial charge is 0.377 e. The molecule has 0 aliphatic carbocycles. The molecular formula is C23H27ClN2O4S. The van der Waals surface area contributed by atoms with Crippen LogP contribution in [0.25, 0.3) is 0 Å². The third kappa shape index (κ3) is 5.29. The summed E-state index contributed by atoms with van der Waals surface area (Å²) in [6, 6.07) is 14.8. The molecule has 2 fully saturated rings. The highest BCUT2D eigenvalue weighted by Crippen LogP contribution is 2.29. The van der Waals surface area contributed by atoms with Crippen LogP contribution >= 0.6 is 11.6 Å². The number of nitrogens with one attached hydrogen (secondary N) is 1. The lowest BCUT2D eigenvalue weighted by molar-refractivity contribution is 0.0712. The first-order chi connectivity index (χ1) is 14.9. The van der Waals surface area contributed by atoms with E-state index in [9.17, 15) is 13.2 Å². The number of nitrogens with zero attached hydrogens (tertiary/aromatic N) is 1. The van der Waals surface area contributed by atoms with Crippen LogP contribution in [0, 0.1) is 0 Å². The van der Waals surface area contributed by atoms with Crippen LogP contribution in [0.5, 0.6) is 0 Å². The van der Waals surface area contributed by atoms with Crippen LogP contribution in [0.4, 0.5) is 0 Å². The molecule has 0 spiro atoms. The Morgan fingerprint density at radius 2 is 1.84 bits per heavy atom. The van der Waals surface area contributed by atoms with E-state index >= 15 is 0 Å². The van der Waals surface area contributed by atoms with E-state index in [1.165, 1.54) is 17.7 Å². The molecule has 2 aliphatic rings. The van der Waals surface area contributed by atoms with E-state index in [0.29, 0.717) is 31.2 Å². The summed E-state index contributed by atoms with van der Waals surface area (Å²) in [6.07, 6.45) is 3.41. The van der Waals surface area contributed by atoms with Gasteiger partial charge in [-0.25, -0.2) is 13.1 Å². The molecule has 4 rings (SSSR count). The number of piperidine rings is 1. The molecule has 6 nitrogen and oxygen atoms in total. The molecule has 1 unspecified atom stereocenters. The molecule has 2 saturated heterocycles. The highest BCUT2D eigenvalue weighted by atomic mass is 35.5. The molecule has 1 N–H and O–H groups in total. The Morgan fingerprint density at radius 3 is 2.52 bits per heavy atom. The van der Waals surface area contributed by atoms with E-state index in [-0.39, 0.29) is 28.5 Å². The van der Waals surface area contributed by atoms with Crippen molar-refractivity contribution in [2.45, 2.75) is 42.6 Å². The second-order valence-corrected chi connectivity index (χ2v) is 10.3. The van der Waals surface area contributed by atoms with Crippen molar-refractivity contribution < 1.29 is 17.9 Å². The van der Waals surface area contributed by atoms with Gasteiger partial charge in [-0.2, -0.15) is 0 Å². The lowest BCUT2D eigenvalue weighted by Gasteiger charge is -2.32. The molecule has 0 aromatic heterocycles. The van der Waals surface area contributed by atoms with Gasteiger partial charge >= 0.3 is 0 Å². The van der Waals surface area contributed by atoms with E-state index in [2.05, 4.69) is 16.9 Å². The molecule has 166 valence electrons. The molecule has 2 aromatic carbocycles. The Hall–Kier alpha value is -1.93. The average molecular weight is 463 g/mol. The minimum atomic E-state index is -3.84. The summed E-state index contributed by atoms with van der Waals surface area (Å²) in [6.45, 7) is 2.13. The van der Waals surface area contributed by atoms with Crippen molar-refractivity contribution in [1.29, 1.82) is 0 Å². The van der Waals surface area contributed by atoms with Crippen LogP contribution < -0.4 is 4.72 Å². The minimum Gasteiger partial charge on any atom is -0.377 e. The highest BCUT2D eigenvalue weighted by molar-refractivity contribution is 7.89. The Morgan fingerprint density at radius 1 is 1.10 bits per heavy atom. The number of carbonyl (C=O) groups is 1. The first-order valence-corrected chi connectivity index (χ1v) is 12.6. The van der Waals surface area contributed by atoms with Crippen LogP contribution in [-0.4, -0.2) is 51.6 Å². The second-order valence-electron chi connectivity index (χ2n) is 8.11. The van der Waals surface area contributed by atoms with Gasteiger partial charge in [0.1, 0.15) is 4.90 Å². The van der Waals surface area contributed by atoms with Crippen molar-refractivity contribution in [2.24, 2.45) is 0 Å². The van der Waals surface area contributed by atoms with E-state index in [4.69, 9.17) is 16.3 Å². The zero-order valence-electron chi connectivity index (χ0n) is 17.3. The zero-order valence-corrected chi connectivity index (χ0v) is 18.9. The van der Waals surface area contributed by atoms with Crippen molar-refractivity contribution in [2.75, 3.05) is 26.2 Å². The lowest BCUT2D eigenvalue weighted by atomic mass is 9.89. The van der Waals surface area contributed by atoms with Crippen LogP contribution in [0.1, 0.15) is 47.5 Å². The molecule has 0 saturated carbocycles. The van der Waals surface area contributed by atoms with Crippen molar-refractivity contribution >= 4 is 27.5 Å². The maximum atomic E-state index is 13.0. The van der Waals surface area contributed by atoms with Crippen LogP contribution in [0.3, 0.4) is 0 Å². The van der Waals surface area contributed by atoms with Gasteiger partial charge in [-0.05, 0) is 55.4 Å². The maximum absolute atomic E-state index is 13.0.